The largest absolute Gasteiger partial charge is 0.365 e. The molecular formula is C18H27BrN2. The highest BCUT2D eigenvalue weighted by atomic mass is 79.9. The van der Waals surface area contributed by atoms with Crippen molar-refractivity contribution in [1.82, 2.24) is 5.32 Å². The Morgan fingerprint density at radius 1 is 1.24 bits per heavy atom. The molecule has 1 aromatic rings. The summed E-state index contributed by atoms with van der Waals surface area (Å²) in [7, 11) is 0. The monoisotopic (exact) mass is 350 g/mol. The molecule has 2 bridgehead atoms. The van der Waals surface area contributed by atoms with Crippen LogP contribution < -0.4 is 10.2 Å². The molecule has 1 N–H and O–H groups in total. The van der Waals surface area contributed by atoms with Gasteiger partial charge in [0.05, 0.1) is 5.69 Å². The van der Waals surface area contributed by atoms with Crippen LogP contribution in [0, 0.1) is 6.92 Å². The summed E-state index contributed by atoms with van der Waals surface area (Å²) in [6, 6.07) is 8.91. The topological polar surface area (TPSA) is 15.3 Å². The molecule has 2 heterocycles. The van der Waals surface area contributed by atoms with Crippen molar-refractivity contribution >= 4 is 21.6 Å². The number of rotatable bonds is 4. The van der Waals surface area contributed by atoms with Crippen molar-refractivity contribution in [2.75, 3.05) is 11.4 Å². The normalized spacial score (nSPS) is 28.7. The molecule has 0 saturated carbocycles. The number of halogens is 1. The van der Waals surface area contributed by atoms with Gasteiger partial charge in [0.1, 0.15) is 0 Å². The summed E-state index contributed by atoms with van der Waals surface area (Å²) < 4.78 is 1.25. The van der Waals surface area contributed by atoms with Crippen LogP contribution in [0.5, 0.6) is 0 Å². The summed E-state index contributed by atoms with van der Waals surface area (Å²) in [5, 5.41) is 3.76. The van der Waals surface area contributed by atoms with E-state index >= 15 is 0 Å². The average Bonchev–Trinajstić information content (AvgIpc) is 2.46. The van der Waals surface area contributed by atoms with E-state index in [9.17, 15) is 0 Å². The summed E-state index contributed by atoms with van der Waals surface area (Å²) in [6.45, 7) is 5.62. The predicted molar refractivity (Wildman–Crippen MR) is 94.1 cm³/mol. The molecule has 116 valence electrons. The fourth-order valence-corrected chi connectivity index (χ4v) is 4.56. The third-order valence-electron chi connectivity index (χ3n) is 5.04. The van der Waals surface area contributed by atoms with Crippen molar-refractivity contribution in [3.63, 3.8) is 0 Å². The van der Waals surface area contributed by atoms with Gasteiger partial charge in [-0.05, 0) is 85.6 Å². The summed E-state index contributed by atoms with van der Waals surface area (Å²) in [4.78, 5) is 2.73. The second-order valence-corrected chi connectivity index (χ2v) is 7.58. The molecule has 0 aromatic heterocycles. The quantitative estimate of drug-likeness (QED) is 0.850. The number of nitrogens with one attached hydrogen (secondary N) is 1. The standard InChI is InChI=1S/C18H27BrN2/c1-3-9-20-14-11-15-5-4-6-16(12-14)21(15)18-10-13(2)7-8-17(18)19/h7-8,10,14-16,20H,3-6,9,11-12H2,1-2H3. The van der Waals surface area contributed by atoms with E-state index in [4.69, 9.17) is 0 Å². The van der Waals surface area contributed by atoms with E-state index in [1.54, 1.807) is 0 Å². The van der Waals surface area contributed by atoms with Crippen LogP contribution in [0.2, 0.25) is 0 Å². The second-order valence-electron chi connectivity index (χ2n) is 6.72. The number of anilines is 1. The molecule has 2 saturated heterocycles. The van der Waals surface area contributed by atoms with Crippen LogP contribution in [-0.4, -0.2) is 24.7 Å². The fraction of sp³-hybridized carbons (Fsp3) is 0.667. The van der Waals surface area contributed by atoms with Gasteiger partial charge in [0, 0.05) is 22.6 Å². The van der Waals surface area contributed by atoms with Crippen LogP contribution in [0.15, 0.2) is 22.7 Å². The van der Waals surface area contributed by atoms with Crippen LogP contribution in [0.1, 0.15) is 51.0 Å². The molecule has 2 unspecified atom stereocenters. The Hall–Kier alpha value is -0.540. The lowest BCUT2D eigenvalue weighted by atomic mass is 9.81. The lowest BCUT2D eigenvalue weighted by Gasteiger charge is -2.51. The highest BCUT2D eigenvalue weighted by molar-refractivity contribution is 9.10. The Labute approximate surface area is 137 Å². The minimum atomic E-state index is 0.713. The van der Waals surface area contributed by atoms with E-state index in [2.05, 4.69) is 58.2 Å². The van der Waals surface area contributed by atoms with E-state index in [-0.39, 0.29) is 0 Å². The number of hydrogen-bond acceptors (Lipinski definition) is 2. The maximum atomic E-state index is 3.77. The summed E-state index contributed by atoms with van der Waals surface area (Å²) in [5.74, 6) is 0. The molecule has 21 heavy (non-hydrogen) atoms. The van der Waals surface area contributed by atoms with Gasteiger partial charge in [0.2, 0.25) is 0 Å². The third kappa shape index (κ3) is 3.29. The molecule has 0 amide bonds. The lowest BCUT2D eigenvalue weighted by molar-refractivity contribution is 0.245. The van der Waals surface area contributed by atoms with E-state index in [1.807, 2.05) is 0 Å². The molecule has 2 fully saturated rings. The molecule has 2 aliphatic rings. The van der Waals surface area contributed by atoms with Crippen molar-refractivity contribution in [2.45, 2.75) is 70.5 Å². The number of piperidine rings is 2. The Kier molecular flexibility index (Phi) is 4.90. The van der Waals surface area contributed by atoms with Crippen LogP contribution in [-0.2, 0) is 0 Å². The van der Waals surface area contributed by atoms with Crippen LogP contribution >= 0.6 is 15.9 Å². The molecule has 3 rings (SSSR count). The van der Waals surface area contributed by atoms with Gasteiger partial charge < -0.3 is 10.2 Å². The van der Waals surface area contributed by atoms with Crippen LogP contribution in [0.25, 0.3) is 0 Å². The number of benzene rings is 1. The zero-order valence-corrected chi connectivity index (χ0v) is 14.8. The molecule has 2 aliphatic heterocycles. The van der Waals surface area contributed by atoms with Gasteiger partial charge in [-0.2, -0.15) is 0 Å². The molecule has 1 aromatic carbocycles. The van der Waals surface area contributed by atoms with Crippen molar-refractivity contribution in [2.24, 2.45) is 0 Å². The predicted octanol–water partition coefficient (Wildman–Crippen LogP) is 4.65. The number of fused-ring (bicyclic) bond motifs is 2. The van der Waals surface area contributed by atoms with Gasteiger partial charge >= 0.3 is 0 Å². The lowest BCUT2D eigenvalue weighted by Crippen LogP contribution is -2.56. The van der Waals surface area contributed by atoms with E-state index in [0.29, 0.717) is 12.1 Å². The number of hydrogen-bond donors (Lipinski definition) is 1. The van der Waals surface area contributed by atoms with Gasteiger partial charge in [-0.3, -0.25) is 0 Å². The molecule has 0 radical (unpaired) electrons. The number of aryl methyl sites for hydroxylation is 1. The Bertz CT molecular complexity index is 474. The second kappa shape index (κ2) is 6.70. The van der Waals surface area contributed by atoms with Gasteiger partial charge in [0.25, 0.3) is 0 Å². The van der Waals surface area contributed by atoms with Crippen LogP contribution in [0.3, 0.4) is 0 Å². The fourth-order valence-electron chi connectivity index (χ4n) is 4.11. The van der Waals surface area contributed by atoms with E-state index < -0.39 is 0 Å². The molecule has 2 atom stereocenters. The Morgan fingerprint density at radius 2 is 1.95 bits per heavy atom. The highest BCUT2D eigenvalue weighted by Crippen LogP contribution is 2.40. The molecular weight excluding hydrogens is 324 g/mol. The zero-order valence-electron chi connectivity index (χ0n) is 13.2. The van der Waals surface area contributed by atoms with Gasteiger partial charge in [-0.15, -0.1) is 0 Å². The first-order chi connectivity index (χ1) is 10.2. The summed E-state index contributed by atoms with van der Waals surface area (Å²) >= 11 is 3.77. The molecule has 0 spiro atoms. The minimum absolute atomic E-state index is 0.713. The van der Waals surface area contributed by atoms with E-state index in [0.717, 1.165) is 12.6 Å². The van der Waals surface area contributed by atoms with Crippen molar-refractivity contribution in [1.29, 1.82) is 0 Å². The van der Waals surface area contributed by atoms with Gasteiger partial charge in [-0.25, -0.2) is 0 Å². The Balaban J connectivity index is 1.82. The maximum absolute atomic E-state index is 3.77. The van der Waals surface area contributed by atoms with Gasteiger partial charge in [0.15, 0.2) is 0 Å². The summed E-state index contributed by atoms with van der Waals surface area (Å²) in [6.07, 6.45) is 7.94. The SMILES string of the molecule is CCCNC1CC2CCCC(C1)N2c1cc(C)ccc1Br. The first kappa shape index (κ1) is 15.4. The number of nitrogens with zero attached hydrogens (tertiary/aromatic N) is 1. The van der Waals surface area contributed by atoms with Gasteiger partial charge in [-0.1, -0.05) is 13.0 Å². The molecule has 2 nitrogen and oxygen atoms in total. The highest BCUT2D eigenvalue weighted by Gasteiger charge is 2.38. The summed E-state index contributed by atoms with van der Waals surface area (Å²) in [5.41, 5.74) is 2.77. The average molecular weight is 351 g/mol. The zero-order chi connectivity index (χ0) is 14.8. The first-order valence-electron chi connectivity index (χ1n) is 8.47. The molecule has 0 aliphatic carbocycles. The van der Waals surface area contributed by atoms with Crippen molar-refractivity contribution < 1.29 is 0 Å². The minimum Gasteiger partial charge on any atom is -0.365 e. The van der Waals surface area contributed by atoms with Crippen molar-refractivity contribution in [3.05, 3.63) is 28.2 Å². The third-order valence-corrected chi connectivity index (χ3v) is 5.71. The van der Waals surface area contributed by atoms with Crippen LogP contribution in [0.4, 0.5) is 5.69 Å². The maximum Gasteiger partial charge on any atom is 0.0518 e. The van der Waals surface area contributed by atoms with E-state index in [1.165, 1.54) is 54.2 Å². The molecule has 3 heteroatoms. The first-order valence-corrected chi connectivity index (χ1v) is 9.26. The Morgan fingerprint density at radius 3 is 2.62 bits per heavy atom. The smallest absolute Gasteiger partial charge is 0.0518 e. The van der Waals surface area contributed by atoms with Crippen molar-refractivity contribution in [3.8, 4) is 0 Å².